The Bertz CT molecular complexity index is 608. The molecule has 2 nitrogen and oxygen atoms in total. The number of hydrogen-bond acceptors (Lipinski definition) is 2. The van der Waals surface area contributed by atoms with E-state index >= 15 is 0 Å². The van der Waals surface area contributed by atoms with E-state index in [4.69, 9.17) is 4.74 Å². The molecule has 0 radical (unpaired) electrons. The summed E-state index contributed by atoms with van der Waals surface area (Å²) in [6.45, 7) is 0. The number of ether oxygens (including phenoxy) is 2. The largest absolute Gasteiger partial charge is 0.573 e. The number of hydrogen-bond donors (Lipinski definition) is 0. The van der Waals surface area contributed by atoms with Gasteiger partial charge < -0.3 is 9.47 Å². The second kappa shape index (κ2) is 5.40. The second-order valence-corrected chi connectivity index (χ2v) is 3.89. The predicted octanol–water partition coefficient (Wildman–Crippen LogP) is 4.40. The molecular formula is C14H10F4O2. The van der Waals surface area contributed by atoms with E-state index in [2.05, 4.69) is 4.74 Å². The fourth-order valence-corrected chi connectivity index (χ4v) is 1.74. The van der Waals surface area contributed by atoms with E-state index in [0.29, 0.717) is 0 Å². The number of para-hydroxylation sites is 1. The molecule has 0 amide bonds. The normalized spacial score (nSPS) is 11.2. The fraction of sp³-hybridized carbons (Fsp3) is 0.143. The molecule has 0 atom stereocenters. The van der Waals surface area contributed by atoms with E-state index in [1.807, 2.05) is 0 Å². The topological polar surface area (TPSA) is 18.5 Å². The molecule has 0 bridgehead atoms. The molecule has 0 N–H and O–H groups in total. The zero-order chi connectivity index (χ0) is 14.8. The van der Waals surface area contributed by atoms with Crippen LogP contribution in [-0.4, -0.2) is 13.5 Å². The van der Waals surface area contributed by atoms with Crippen LogP contribution in [0.4, 0.5) is 17.6 Å². The van der Waals surface area contributed by atoms with Crippen LogP contribution in [0, 0.1) is 5.82 Å². The first-order chi connectivity index (χ1) is 9.40. The van der Waals surface area contributed by atoms with E-state index in [-0.39, 0.29) is 16.9 Å². The van der Waals surface area contributed by atoms with Gasteiger partial charge in [-0.25, -0.2) is 4.39 Å². The van der Waals surface area contributed by atoms with Crippen molar-refractivity contribution < 1.29 is 27.0 Å². The molecule has 20 heavy (non-hydrogen) atoms. The van der Waals surface area contributed by atoms with Gasteiger partial charge in [-0.15, -0.1) is 13.2 Å². The van der Waals surface area contributed by atoms with Crippen LogP contribution in [0.2, 0.25) is 0 Å². The highest BCUT2D eigenvalue weighted by Crippen LogP contribution is 2.35. The minimum atomic E-state index is -4.83. The quantitative estimate of drug-likeness (QED) is 0.779. The van der Waals surface area contributed by atoms with Gasteiger partial charge in [0.15, 0.2) is 0 Å². The Hall–Kier alpha value is -2.24. The summed E-state index contributed by atoms with van der Waals surface area (Å²) < 4.78 is 59.6. The summed E-state index contributed by atoms with van der Waals surface area (Å²) >= 11 is 0. The van der Waals surface area contributed by atoms with Crippen molar-refractivity contribution in [2.45, 2.75) is 6.36 Å². The maximum Gasteiger partial charge on any atom is 0.573 e. The summed E-state index contributed by atoms with van der Waals surface area (Å²) in [6, 6.07) is 9.27. The molecule has 0 aromatic heterocycles. The molecule has 0 aliphatic heterocycles. The van der Waals surface area contributed by atoms with E-state index in [1.54, 1.807) is 0 Å². The molecule has 2 aromatic rings. The van der Waals surface area contributed by atoms with Gasteiger partial charge in [-0.05, 0) is 18.2 Å². The monoisotopic (exact) mass is 286 g/mol. The highest BCUT2D eigenvalue weighted by molar-refractivity contribution is 5.71. The van der Waals surface area contributed by atoms with Gasteiger partial charge in [0.1, 0.15) is 17.3 Å². The molecule has 106 valence electrons. The third-order valence-electron chi connectivity index (χ3n) is 2.58. The van der Waals surface area contributed by atoms with Crippen LogP contribution >= 0.6 is 0 Å². The van der Waals surface area contributed by atoms with Gasteiger partial charge in [0.25, 0.3) is 0 Å². The summed E-state index contributed by atoms with van der Waals surface area (Å²) in [7, 11) is 1.37. The number of alkyl halides is 3. The molecule has 0 aliphatic carbocycles. The molecule has 0 unspecified atom stereocenters. The van der Waals surface area contributed by atoms with Crippen molar-refractivity contribution in [1.82, 2.24) is 0 Å². The summed E-state index contributed by atoms with van der Waals surface area (Å²) in [5.74, 6) is -0.868. The van der Waals surface area contributed by atoms with Gasteiger partial charge in [0.05, 0.1) is 7.11 Å². The first-order valence-electron chi connectivity index (χ1n) is 5.59. The number of halogens is 4. The second-order valence-electron chi connectivity index (χ2n) is 3.89. The lowest BCUT2D eigenvalue weighted by Gasteiger charge is -2.14. The Morgan fingerprint density at radius 2 is 1.65 bits per heavy atom. The van der Waals surface area contributed by atoms with E-state index < -0.39 is 17.9 Å². The Kier molecular flexibility index (Phi) is 3.83. The first kappa shape index (κ1) is 14.2. The molecule has 0 fully saturated rings. The van der Waals surface area contributed by atoms with Crippen LogP contribution in [0.15, 0.2) is 42.5 Å². The van der Waals surface area contributed by atoms with Crippen LogP contribution in [-0.2, 0) is 0 Å². The van der Waals surface area contributed by atoms with Crippen molar-refractivity contribution in [1.29, 1.82) is 0 Å². The summed E-state index contributed by atoms with van der Waals surface area (Å²) in [5.41, 5.74) is 0.0237. The van der Waals surface area contributed by atoms with Crippen molar-refractivity contribution in [3.63, 3.8) is 0 Å². The van der Waals surface area contributed by atoms with Crippen molar-refractivity contribution in [3.05, 3.63) is 48.3 Å². The number of benzene rings is 2. The Morgan fingerprint density at radius 1 is 0.950 bits per heavy atom. The van der Waals surface area contributed by atoms with Gasteiger partial charge in [-0.2, -0.15) is 0 Å². The Morgan fingerprint density at radius 3 is 2.25 bits per heavy atom. The van der Waals surface area contributed by atoms with Crippen molar-refractivity contribution >= 4 is 0 Å². The summed E-state index contributed by atoms with van der Waals surface area (Å²) in [4.78, 5) is 0. The lowest BCUT2D eigenvalue weighted by Crippen LogP contribution is -2.17. The summed E-state index contributed by atoms with van der Waals surface area (Å²) in [5, 5.41) is 0. The SMILES string of the molecule is COc1ccc(-c2ccccc2OC(F)(F)F)c(F)c1. The van der Waals surface area contributed by atoms with Gasteiger partial charge in [0, 0.05) is 17.2 Å². The maximum atomic E-state index is 13.9. The molecule has 2 rings (SSSR count). The fourth-order valence-electron chi connectivity index (χ4n) is 1.74. The van der Waals surface area contributed by atoms with Gasteiger partial charge in [0.2, 0.25) is 0 Å². The van der Waals surface area contributed by atoms with Gasteiger partial charge >= 0.3 is 6.36 Å². The van der Waals surface area contributed by atoms with E-state index in [9.17, 15) is 17.6 Å². The smallest absolute Gasteiger partial charge is 0.497 e. The lowest BCUT2D eigenvalue weighted by molar-refractivity contribution is -0.274. The minimum absolute atomic E-state index is 0.00523. The van der Waals surface area contributed by atoms with Gasteiger partial charge in [-0.3, -0.25) is 0 Å². The molecule has 0 aliphatic rings. The molecule has 0 saturated carbocycles. The molecule has 2 aromatic carbocycles. The molecule has 6 heteroatoms. The average molecular weight is 286 g/mol. The van der Waals surface area contributed by atoms with Crippen LogP contribution in [0.25, 0.3) is 11.1 Å². The molecular weight excluding hydrogens is 276 g/mol. The molecule has 0 spiro atoms. The number of rotatable bonds is 3. The standard InChI is InChI=1S/C14H10F4O2/c1-19-9-6-7-10(12(15)8-9)11-4-2-3-5-13(11)20-14(16,17)18/h2-8H,1H3. The van der Waals surface area contributed by atoms with Crippen LogP contribution in [0.5, 0.6) is 11.5 Å². The van der Waals surface area contributed by atoms with Crippen LogP contribution < -0.4 is 9.47 Å². The molecule has 0 heterocycles. The highest BCUT2D eigenvalue weighted by Gasteiger charge is 2.32. The summed E-state index contributed by atoms with van der Waals surface area (Å²) in [6.07, 6.45) is -4.83. The van der Waals surface area contributed by atoms with Crippen LogP contribution in [0.1, 0.15) is 0 Å². The van der Waals surface area contributed by atoms with E-state index in [0.717, 1.165) is 12.1 Å². The first-order valence-corrected chi connectivity index (χ1v) is 5.59. The van der Waals surface area contributed by atoms with Crippen molar-refractivity contribution in [2.75, 3.05) is 7.11 Å². The minimum Gasteiger partial charge on any atom is -0.497 e. The Labute approximate surface area is 112 Å². The maximum absolute atomic E-state index is 13.9. The number of methoxy groups -OCH3 is 1. The average Bonchev–Trinajstić information content (AvgIpc) is 2.38. The van der Waals surface area contributed by atoms with E-state index in [1.165, 1.54) is 37.4 Å². The Balaban J connectivity index is 2.47. The van der Waals surface area contributed by atoms with Gasteiger partial charge in [-0.1, -0.05) is 18.2 Å². The predicted molar refractivity (Wildman–Crippen MR) is 65.1 cm³/mol. The molecule has 0 saturated heterocycles. The zero-order valence-electron chi connectivity index (χ0n) is 10.4. The van der Waals surface area contributed by atoms with Crippen molar-refractivity contribution in [2.24, 2.45) is 0 Å². The lowest BCUT2D eigenvalue weighted by atomic mass is 10.0. The third-order valence-corrected chi connectivity index (χ3v) is 2.58. The van der Waals surface area contributed by atoms with Crippen molar-refractivity contribution in [3.8, 4) is 22.6 Å². The van der Waals surface area contributed by atoms with Crippen LogP contribution in [0.3, 0.4) is 0 Å². The highest BCUT2D eigenvalue weighted by atomic mass is 19.4. The third kappa shape index (κ3) is 3.20. The zero-order valence-corrected chi connectivity index (χ0v) is 10.4.